The maximum atomic E-state index is 12.2. The van der Waals surface area contributed by atoms with Gasteiger partial charge >= 0.3 is 0 Å². The summed E-state index contributed by atoms with van der Waals surface area (Å²) >= 11 is 0. The molecule has 0 saturated heterocycles. The SMILES string of the molecule is Nc1ccc2c(c1)CCCC2NC(=O)CCc1ccccn1. The number of carbonyl (C=O) groups excluding carboxylic acids is 1. The smallest absolute Gasteiger partial charge is 0.220 e. The van der Waals surface area contributed by atoms with E-state index in [0.717, 1.165) is 30.6 Å². The zero-order valence-corrected chi connectivity index (χ0v) is 12.6. The van der Waals surface area contributed by atoms with Gasteiger partial charge in [-0.25, -0.2) is 0 Å². The topological polar surface area (TPSA) is 68.0 Å². The number of nitrogen functional groups attached to an aromatic ring is 1. The Morgan fingerprint density at radius 1 is 1.32 bits per heavy atom. The number of aromatic nitrogens is 1. The number of carbonyl (C=O) groups is 1. The Hall–Kier alpha value is -2.36. The molecule has 0 saturated carbocycles. The molecule has 3 rings (SSSR count). The van der Waals surface area contributed by atoms with Crippen LogP contribution in [-0.4, -0.2) is 10.9 Å². The van der Waals surface area contributed by atoms with Crippen LogP contribution in [0.4, 0.5) is 5.69 Å². The van der Waals surface area contributed by atoms with Gasteiger partial charge in [-0.2, -0.15) is 0 Å². The highest BCUT2D eigenvalue weighted by Crippen LogP contribution is 2.31. The number of nitrogens with two attached hydrogens (primary N) is 1. The number of pyridine rings is 1. The molecule has 1 atom stereocenters. The number of hydrogen-bond donors (Lipinski definition) is 2. The second-order valence-corrected chi connectivity index (χ2v) is 5.79. The first-order valence-electron chi connectivity index (χ1n) is 7.80. The molecule has 0 bridgehead atoms. The monoisotopic (exact) mass is 295 g/mol. The van der Waals surface area contributed by atoms with Crippen molar-refractivity contribution in [3.05, 3.63) is 59.4 Å². The standard InChI is InChI=1S/C18H21N3O/c19-14-7-9-16-13(12-14)4-3-6-17(16)21-18(22)10-8-15-5-1-2-11-20-15/h1-2,5,7,9,11-12,17H,3-4,6,8,10,19H2,(H,21,22). The second-order valence-electron chi connectivity index (χ2n) is 5.79. The molecule has 0 aliphatic heterocycles. The third-order valence-electron chi connectivity index (χ3n) is 4.15. The van der Waals surface area contributed by atoms with Gasteiger partial charge in [-0.1, -0.05) is 12.1 Å². The van der Waals surface area contributed by atoms with E-state index in [1.165, 1.54) is 11.1 Å². The molecule has 1 amide bonds. The number of rotatable bonds is 4. The van der Waals surface area contributed by atoms with Gasteiger partial charge in [0.1, 0.15) is 0 Å². The number of nitrogens with zero attached hydrogens (tertiary/aromatic N) is 1. The van der Waals surface area contributed by atoms with Gasteiger partial charge in [0.15, 0.2) is 0 Å². The molecule has 4 nitrogen and oxygen atoms in total. The molecule has 4 heteroatoms. The lowest BCUT2D eigenvalue weighted by Crippen LogP contribution is -2.31. The van der Waals surface area contributed by atoms with Gasteiger partial charge in [0.05, 0.1) is 6.04 Å². The molecule has 22 heavy (non-hydrogen) atoms. The number of nitrogens with one attached hydrogen (secondary N) is 1. The van der Waals surface area contributed by atoms with Crippen LogP contribution < -0.4 is 11.1 Å². The fourth-order valence-corrected chi connectivity index (χ4v) is 3.04. The molecule has 3 N–H and O–H groups in total. The molecule has 1 aliphatic carbocycles. The fraction of sp³-hybridized carbons (Fsp3) is 0.333. The Bertz CT molecular complexity index is 655. The highest BCUT2D eigenvalue weighted by molar-refractivity contribution is 5.76. The van der Waals surface area contributed by atoms with Gasteiger partial charge < -0.3 is 11.1 Å². The number of hydrogen-bond acceptors (Lipinski definition) is 3. The molecule has 1 unspecified atom stereocenters. The van der Waals surface area contributed by atoms with E-state index < -0.39 is 0 Å². The first-order chi connectivity index (χ1) is 10.7. The summed E-state index contributed by atoms with van der Waals surface area (Å²) in [5, 5.41) is 3.16. The zero-order valence-electron chi connectivity index (χ0n) is 12.6. The first kappa shape index (κ1) is 14.6. The predicted molar refractivity (Wildman–Crippen MR) is 87.2 cm³/mol. The van der Waals surface area contributed by atoms with Crippen LogP contribution in [0, 0.1) is 0 Å². The number of fused-ring (bicyclic) bond motifs is 1. The summed E-state index contributed by atoms with van der Waals surface area (Å²) in [6.45, 7) is 0. The predicted octanol–water partition coefficient (Wildman–Crippen LogP) is 2.79. The minimum absolute atomic E-state index is 0.0836. The number of amides is 1. The molecule has 0 radical (unpaired) electrons. The van der Waals surface area contributed by atoms with Crippen molar-refractivity contribution in [3.63, 3.8) is 0 Å². The first-order valence-corrected chi connectivity index (χ1v) is 7.80. The van der Waals surface area contributed by atoms with Crippen molar-refractivity contribution in [2.45, 2.75) is 38.1 Å². The van der Waals surface area contributed by atoms with Crippen molar-refractivity contribution in [3.8, 4) is 0 Å². The highest BCUT2D eigenvalue weighted by atomic mass is 16.1. The summed E-state index contributed by atoms with van der Waals surface area (Å²) in [7, 11) is 0. The summed E-state index contributed by atoms with van der Waals surface area (Å²) in [5.74, 6) is 0.0836. The van der Waals surface area contributed by atoms with Crippen molar-refractivity contribution in [1.29, 1.82) is 0 Å². The average Bonchev–Trinajstić information content (AvgIpc) is 2.54. The van der Waals surface area contributed by atoms with E-state index in [0.29, 0.717) is 12.8 Å². The number of benzene rings is 1. The summed E-state index contributed by atoms with van der Waals surface area (Å²) in [4.78, 5) is 16.4. The highest BCUT2D eigenvalue weighted by Gasteiger charge is 2.21. The molecular weight excluding hydrogens is 274 g/mol. The molecule has 0 spiro atoms. The molecule has 1 heterocycles. The zero-order chi connectivity index (χ0) is 15.4. The molecule has 1 aromatic carbocycles. The minimum atomic E-state index is 0.0836. The van der Waals surface area contributed by atoms with Crippen LogP contribution in [-0.2, 0) is 17.6 Å². The minimum Gasteiger partial charge on any atom is -0.399 e. The van der Waals surface area contributed by atoms with Gasteiger partial charge in [0.25, 0.3) is 0 Å². The Morgan fingerprint density at radius 2 is 2.23 bits per heavy atom. The third kappa shape index (κ3) is 3.45. The van der Waals surface area contributed by atoms with Crippen LogP contribution in [0.1, 0.15) is 42.1 Å². The van der Waals surface area contributed by atoms with Gasteiger partial charge in [-0.15, -0.1) is 0 Å². The van der Waals surface area contributed by atoms with E-state index in [-0.39, 0.29) is 11.9 Å². The van der Waals surface area contributed by atoms with Crippen molar-refractivity contribution in [2.75, 3.05) is 5.73 Å². The summed E-state index contributed by atoms with van der Waals surface area (Å²) < 4.78 is 0. The van der Waals surface area contributed by atoms with Gasteiger partial charge in [-0.3, -0.25) is 9.78 Å². The number of aryl methyl sites for hydroxylation is 2. The largest absolute Gasteiger partial charge is 0.399 e. The normalized spacial score (nSPS) is 16.8. The van der Waals surface area contributed by atoms with Crippen LogP contribution in [0.15, 0.2) is 42.6 Å². The van der Waals surface area contributed by atoms with Crippen LogP contribution in [0.3, 0.4) is 0 Å². The lowest BCUT2D eigenvalue weighted by Gasteiger charge is -2.26. The van der Waals surface area contributed by atoms with Crippen LogP contribution >= 0.6 is 0 Å². The quantitative estimate of drug-likeness (QED) is 0.852. The maximum Gasteiger partial charge on any atom is 0.220 e. The third-order valence-corrected chi connectivity index (χ3v) is 4.15. The average molecular weight is 295 g/mol. The lowest BCUT2D eigenvalue weighted by atomic mass is 9.87. The second kappa shape index (κ2) is 6.60. The van der Waals surface area contributed by atoms with Gasteiger partial charge in [0, 0.05) is 24.0 Å². The van der Waals surface area contributed by atoms with E-state index in [2.05, 4.69) is 10.3 Å². The van der Waals surface area contributed by atoms with Gasteiger partial charge in [-0.05, 0) is 61.1 Å². The Balaban J connectivity index is 1.61. The Morgan fingerprint density at radius 3 is 3.05 bits per heavy atom. The van der Waals surface area contributed by atoms with E-state index in [1.54, 1.807) is 6.20 Å². The lowest BCUT2D eigenvalue weighted by molar-refractivity contribution is -0.121. The van der Waals surface area contributed by atoms with Crippen LogP contribution in [0.25, 0.3) is 0 Å². The van der Waals surface area contributed by atoms with Crippen LogP contribution in [0.2, 0.25) is 0 Å². The van der Waals surface area contributed by atoms with Crippen molar-refractivity contribution in [1.82, 2.24) is 10.3 Å². The molecule has 0 fully saturated rings. The summed E-state index contributed by atoms with van der Waals surface area (Å²) in [5.41, 5.74) is 10.1. The van der Waals surface area contributed by atoms with Crippen molar-refractivity contribution < 1.29 is 4.79 Å². The van der Waals surface area contributed by atoms with E-state index in [1.807, 2.05) is 36.4 Å². The van der Waals surface area contributed by atoms with Crippen molar-refractivity contribution in [2.24, 2.45) is 0 Å². The fourth-order valence-electron chi connectivity index (χ4n) is 3.04. The van der Waals surface area contributed by atoms with Crippen molar-refractivity contribution >= 4 is 11.6 Å². The number of anilines is 1. The molecule has 2 aromatic rings. The Kier molecular flexibility index (Phi) is 4.37. The molecule has 1 aliphatic rings. The van der Waals surface area contributed by atoms with E-state index >= 15 is 0 Å². The molecule has 114 valence electrons. The molecule has 1 aromatic heterocycles. The molecular formula is C18H21N3O. The van der Waals surface area contributed by atoms with Crippen LogP contribution in [0.5, 0.6) is 0 Å². The summed E-state index contributed by atoms with van der Waals surface area (Å²) in [6, 6.07) is 11.9. The summed E-state index contributed by atoms with van der Waals surface area (Å²) in [6.07, 6.45) is 6.02. The maximum absolute atomic E-state index is 12.2. The van der Waals surface area contributed by atoms with Gasteiger partial charge in [0.2, 0.25) is 5.91 Å². The van der Waals surface area contributed by atoms with E-state index in [4.69, 9.17) is 5.73 Å². The Labute approximate surface area is 130 Å². The van der Waals surface area contributed by atoms with E-state index in [9.17, 15) is 4.79 Å².